The molecule has 0 fully saturated rings. The maximum Gasteiger partial charge on any atom is 0.307 e. The summed E-state index contributed by atoms with van der Waals surface area (Å²) in [5, 5.41) is 18.2. The highest BCUT2D eigenvalue weighted by molar-refractivity contribution is 5.79. The predicted octanol–water partition coefficient (Wildman–Crippen LogP) is 2.17. The molecule has 140 valence electrons. The molecule has 0 aromatic rings. The fourth-order valence-electron chi connectivity index (χ4n) is 3.63. The van der Waals surface area contributed by atoms with Crippen LogP contribution in [0, 0.1) is 28.6 Å². The fourth-order valence-corrected chi connectivity index (χ4v) is 3.63. The minimum absolute atomic E-state index is 0.313. The Labute approximate surface area is 143 Å². The number of amides is 2. The highest BCUT2D eigenvalue weighted by Gasteiger charge is 2.43. The van der Waals surface area contributed by atoms with Gasteiger partial charge in [0.1, 0.15) is 0 Å². The number of carbonyl (C=O) groups excluding carboxylic acids is 2. The molecule has 0 aliphatic carbocycles. The second-order valence-corrected chi connectivity index (χ2v) is 8.02. The fraction of sp³-hybridized carbons (Fsp3) is 0.824. The summed E-state index contributed by atoms with van der Waals surface area (Å²) in [6.45, 7) is 10.8. The van der Waals surface area contributed by atoms with E-state index in [0.717, 1.165) is 0 Å². The molecular weight excluding hydrogens is 312 g/mol. The van der Waals surface area contributed by atoms with E-state index >= 15 is 0 Å². The first-order valence-electron chi connectivity index (χ1n) is 8.26. The predicted molar refractivity (Wildman–Crippen MR) is 90.0 cm³/mol. The minimum Gasteiger partial charge on any atom is -0.481 e. The number of hydroxylamine groups is 1. The number of rotatable bonds is 10. The summed E-state index contributed by atoms with van der Waals surface area (Å²) in [6, 6.07) is 0. The van der Waals surface area contributed by atoms with Crippen molar-refractivity contribution >= 4 is 17.8 Å². The molecule has 0 radical (unpaired) electrons. The largest absolute Gasteiger partial charge is 0.481 e. The number of nitrogens with two attached hydrogens (primary N) is 1. The van der Waals surface area contributed by atoms with Crippen LogP contribution in [0.1, 0.15) is 60.8 Å². The average molecular weight is 344 g/mol. The van der Waals surface area contributed by atoms with Gasteiger partial charge in [0.2, 0.25) is 11.8 Å². The van der Waals surface area contributed by atoms with Crippen molar-refractivity contribution in [2.45, 2.75) is 60.8 Å². The summed E-state index contributed by atoms with van der Waals surface area (Å²) in [5.41, 5.74) is 5.96. The van der Waals surface area contributed by atoms with Crippen molar-refractivity contribution in [3.63, 3.8) is 0 Å². The maximum atomic E-state index is 12.1. The summed E-state index contributed by atoms with van der Waals surface area (Å²) >= 11 is 0. The van der Waals surface area contributed by atoms with E-state index in [0.29, 0.717) is 19.3 Å². The van der Waals surface area contributed by atoms with Gasteiger partial charge in [-0.25, -0.2) is 5.48 Å². The van der Waals surface area contributed by atoms with Crippen LogP contribution in [-0.2, 0) is 14.4 Å². The van der Waals surface area contributed by atoms with Gasteiger partial charge >= 0.3 is 5.97 Å². The smallest absolute Gasteiger partial charge is 0.307 e. The Kier molecular flexibility index (Phi) is 7.89. The van der Waals surface area contributed by atoms with Gasteiger partial charge in [-0.2, -0.15) is 0 Å². The van der Waals surface area contributed by atoms with Crippen LogP contribution >= 0.6 is 0 Å². The van der Waals surface area contributed by atoms with Crippen LogP contribution in [0.4, 0.5) is 0 Å². The van der Waals surface area contributed by atoms with Crippen molar-refractivity contribution in [3.05, 3.63) is 0 Å². The van der Waals surface area contributed by atoms with E-state index in [-0.39, 0.29) is 0 Å². The van der Waals surface area contributed by atoms with E-state index in [1.165, 1.54) is 0 Å². The number of hydrogen-bond acceptors (Lipinski definition) is 4. The lowest BCUT2D eigenvalue weighted by Gasteiger charge is -2.40. The number of aliphatic carboxylic acids is 1. The summed E-state index contributed by atoms with van der Waals surface area (Å²) in [5.74, 6) is -3.61. The van der Waals surface area contributed by atoms with Gasteiger partial charge in [0.05, 0.1) is 5.92 Å². The topological polar surface area (TPSA) is 130 Å². The molecule has 0 saturated carbocycles. The molecule has 24 heavy (non-hydrogen) atoms. The van der Waals surface area contributed by atoms with E-state index < -0.39 is 46.4 Å². The lowest BCUT2D eigenvalue weighted by atomic mass is 9.63. The second kappa shape index (κ2) is 8.46. The number of nitrogens with one attached hydrogen (secondary N) is 1. The third-order valence-corrected chi connectivity index (χ3v) is 5.06. The molecule has 0 rings (SSSR count). The van der Waals surface area contributed by atoms with Gasteiger partial charge < -0.3 is 10.8 Å². The van der Waals surface area contributed by atoms with Gasteiger partial charge in [-0.15, -0.1) is 0 Å². The summed E-state index contributed by atoms with van der Waals surface area (Å²) < 4.78 is 0. The standard InChI is InChI=1S/C17H32N2O5/c1-7-11(15(22)23)17(5,6)9-12(13(18)20)16(3,4)8-10(2)14(21)19-24/h10-12,24H,7-9H2,1-6H3,(H2,18,20)(H,19,21)(H,22,23). The Balaban J connectivity index is 5.45. The second-order valence-electron chi connectivity index (χ2n) is 8.02. The molecule has 2 amide bonds. The molecular formula is C17H32N2O5. The van der Waals surface area contributed by atoms with E-state index in [1.54, 1.807) is 19.3 Å². The Hall–Kier alpha value is -1.63. The van der Waals surface area contributed by atoms with Crippen molar-refractivity contribution in [1.29, 1.82) is 0 Å². The zero-order chi connectivity index (χ0) is 19.3. The van der Waals surface area contributed by atoms with E-state index in [9.17, 15) is 19.5 Å². The first-order valence-corrected chi connectivity index (χ1v) is 8.26. The van der Waals surface area contributed by atoms with Gasteiger partial charge in [0.25, 0.3) is 0 Å². The molecule has 0 saturated heterocycles. The SMILES string of the molecule is CCC(C(=O)O)C(C)(C)CC(C(N)=O)C(C)(C)CC(C)C(=O)NO. The van der Waals surface area contributed by atoms with Crippen molar-refractivity contribution in [2.75, 3.05) is 0 Å². The van der Waals surface area contributed by atoms with Crippen LogP contribution in [0.15, 0.2) is 0 Å². The maximum absolute atomic E-state index is 12.1. The van der Waals surface area contributed by atoms with Crippen LogP contribution in [0.3, 0.4) is 0 Å². The van der Waals surface area contributed by atoms with Gasteiger partial charge in [-0.1, -0.05) is 41.5 Å². The molecule has 3 unspecified atom stereocenters. The summed E-state index contributed by atoms with van der Waals surface area (Å²) in [6.07, 6.45) is 1.11. The highest BCUT2D eigenvalue weighted by Crippen LogP contribution is 2.44. The zero-order valence-corrected chi connectivity index (χ0v) is 15.5. The number of carboxylic acid groups (broad SMARTS) is 1. The minimum atomic E-state index is -0.892. The molecule has 0 aliphatic heterocycles. The molecule has 5 N–H and O–H groups in total. The van der Waals surface area contributed by atoms with Crippen molar-refractivity contribution < 1.29 is 24.7 Å². The van der Waals surface area contributed by atoms with Crippen LogP contribution in [0.5, 0.6) is 0 Å². The molecule has 0 bridgehead atoms. The van der Waals surface area contributed by atoms with Crippen molar-refractivity contribution in [2.24, 2.45) is 34.3 Å². The Morgan fingerprint density at radius 2 is 1.50 bits per heavy atom. The quantitative estimate of drug-likeness (QED) is 0.356. The normalized spacial score (nSPS) is 16.1. The van der Waals surface area contributed by atoms with Gasteiger partial charge in [0, 0.05) is 11.8 Å². The first kappa shape index (κ1) is 22.4. The van der Waals surface area contributed by atoms with Crippen LogP contribution in [-0.4, -0.2) is 28.1 Å². The first-order chi connectivity index (χ1) is 10.8. The van der Waals surface area contributed by atoms with Gasteiger partial charge in [0.15, 0.2) is 0 Å². The number of hydrogen-bond donors (Lipinski definition) is 4. The summed E-state index contributed by atoms with van der Waals surface area (Å²) in [4.78, 5) is 35.1. The zero-order valence-electron chi connectivity index (χ0n) is 15.5. The Bertz CT molecular complexity index is 474. The third-order valence-electron chi connectivity index (χ3n) is 5.06. The lowest BCUT2D eigenvalue weighted by molar-refractivity contribution is -0.148. The van der Waals surface area contributed by atoms with Gasteiger partial charge in [-0.05, 0) is 30.1 Å². The molecule has 3 atom stereocenters. The van der Waals surface area contributed by atoms with E-state index in [4.69, 9.17) is 10.9 Å². The molecule has 0 aliphatic rings. The number of primary amides is 1. The third kappa shape index (κ3) is 5.78. The van der Waals surface area contributed by atoms with Crippen LogP contribution in [0.25, 0.3) is 0 Å². The van der Waals surface area contributed by atoms with Gasteiger partial charge in [-0.3, -0.25) is 19.6 Å². The Morgan fingerprint density at radius 1 is 1.04 bits per heavy atom. The van der Waals surface area contributed by atoms with E-state index in [2.05, 4.69) is 0 Å². The molecule has 0 aromatic carbocycles. The summed E-state index contributed by atoms with van der Waals surface area (Å²) in [7, 11) is 0. The van der Waals surface area contributed by atoms with Crippen molar-refractivity contribution in [1.82, 2.24) is 5.48 Å². The van der Waals surface area contributed by atoms with Crippen LogP contribution < -0.4 is 11.2 Å². The molecule has 7 heteroatoms. The van der Waals surface area contributed by atoms with Crippen molar-refractivity contribution in [3.8, 4) is 0 Å². The molecule has 0 heterocycles. The Morgan fingerprint density at radius 3 is 1.83 bits per heavy atom. The van der Waals surface area contributed by atoms with E-state index in [1.807, 2.05) is 27.7 Å². The average Bonchev–Trinajstić information content (AvgIpc) is 2.42. The molecule has 0 spiro atoms. The molecule has 7 nitrogen and oxygen atoms in total. The number of carbonyl (C=O) groups is 3. The monoisotopic (exact) mass is 344 g/mol. The number of carboxylic acids is 1. The van der Waals surface area contributed by atoms with Crippen LogP contribution in [0.2, 0.25) is 0 Å². The lowest BCUT2D eigenvalue weighted by Crippen LogP contribution is -2.43. The molecule has 0 aromatic heterocycles. The highest BCUT2D eigenvalue weighted by atomic mass is 16.5.